The van der Waals surface area contributed by atoms with Gasteiger partial charge in [-0.1, -0.05) is 30.4 Å². The number of benzene rings is 2. The minimum Gasteiger partial charge on any atom is -0.490 e. The summed E-state index contributed by atoms with van der Waals surface area (Å²) in [6.45, 7) is 0.611. The molecule has 0 saturated carbocycles. The van der Waals surface area contributed by atoms with Crippen molar-refractivity contribution in [3.05, 3.63) is 75.9 Å². The SMILES string of the molecule is COc1cc(C(=O)N2CCC3(C=CCCC3)Cc3ccccc32)ccc1[N+](=O)[O-]. The molecule has 2 aliphatic rings. The Morgan fingerprint density at radius 1 is 1.21 bits per heavy atom. The number of rotatable bonds is 3. The quantitative estimate of drug-likeness (QED) is 0.422. The van der Waals surface area contributed by atoms with Gasteiger partial charge in [0.05, 0.1) is 12.0 Å². The van der Waals surface area contributed by atoms with Crippen LogP contribution in [-0.4, -0.2) is 24.5 Å². The fraction of sp³-hybridized carbons (Fsp3) is 0.348. The van der Waals surface area contributed by atoms with Crippen LogP contribution in [0.4, 0.5) is 11.4 Å². The Bertz CT molecular complexity index is 985. The van der Waals surface area contributed by atoms with Crippen LogP contribution in [0.25, 0.3) is 0 Å². The largest absolute Gasteiger partial charge is 0.490 e. The minimum atomic E-state index is -0.506. The second-order valence-corrected chi connectivity index (χ2v) is 7.81. The van der Waals surface area contributed by atoms with Gasteiger partial charge < -0.3 is 9.64 Å². The van der Waals surface area contributed by atoms with Crippen molar-refractivity contribution in [3.63, 3.8) is 0 Å². The number of hydrogen-bond acceptors (Lipinski definition) is 4. The fourth-order valence-electron chi connectivity index (χ4n) is 4.52. The average molecular weight is 392 g/mol. The molecule has 0 bridgehead atoms. The smallest absolute Gasteiger partial charge is 0.310 e. The summed E-state index contributed by atoms with van der Waals surface area (Å²) in [6, 6.07) is 12.4. The lowest BCUT2D eigenvalue weighted by Gasteiger charge is -2.32. The van der Waals surface area contributed by atoms with Gasteiger partial charge in [-0.25, -0.2) is 0 Å². The van der Waals surface area contributed by atoms with E-state index in [0.717, 1.165) is 31.4 Å². The van der Waals surface area contributed by atoms with Crippen molar-refractivity contribution in [3.8, 4) is 5.75 Å². The monoisotopic (exact) mass is 392 g/mol. The zero-order chi connectivity index (χ0) is 20.4. The van der Waals surface area contributed by atoms with E-state index in [9.17, 15) is 14.9 Å². The Kier molecular flexibility index (Phi) is 5.09. The first-order valence-corrected chi connectivity index (χ1v) is 9.93. The summed E-state index contributed by atoms with van der Waals surface area (Å²) in [4.78, 5) is 25.9. The molecule has 0 radical (unpaired) electrons. The molecule has 1 heterocycles. The van der Waals surface area contributed by atoms with Crippen LogP contribution >= 0.6 is 0 Å². The molecular weight excluding hydrogens is 368 g/mol. The lowest BCUT2D eigenvalue weighted by atomic mass is 9.72. The zero-order valence-corrected chi connectivity index (χ0v) is 16.5. The molecule has 1 atom stereocenters. The number of anilines is 1. The van der Waals surface area contributed by atoms with E-state index in [1.807, 2.05) is 23.1 Å². The molecule has 0 N–H and O–H groups in total. The molecule has 0 fully saturated rings. The van der Waals surface area contributed by atoms with Crippen LogP contribution in [0.5, 0.6) is 5.75 Å². The maximum Gasteiger partial charge on any atom is 0.310 e. The molecule has 1 aliphatic heterocycles. The lowest BCUT2D eigenvalue weighted by Crippen LogP contribution is -2.33. The average Bonchev–Trinajstić information content (AvgIpc) is 2.89. The van der Waals surface area contributed by atoms with Crippen LogP contribution in [0.3, 0.4) is 0 Å². The van der Waals surface area contributed by atoms with E-state index in [1.54, 1.807) is 0 Å². The number of fused-ring (bicyclic) bond motifs is 1. The highest BCUT2D eigenvalue weighted by molar-refractivity contribution is 6.07. The van der Waals surface area contributed by atoms with Crippen molar-refractivity contribution in [1.82, 2.24) is 0 Å². The van der Waals surface area contributed by atoms with Crippen LogP contribution in [0.1, 0.15) is 41.6 Å². The Labute approximate surface area is 169 Å². The molecule has 150 valence electrons. The summed E-state index contributed by atoms with van der Waals surface area (Å²) >= 11 is 0. The highest BCUT2D eigenvalue weighted by Gasteiger charge is 2.35. The predicted molar refractivity (Wildman–Crippen MR) is 112 cm³/mol. The van der Waals surface area contributed by atoms with Gasteiger partial charge in [-0.3, -0.25) is 14.9 Å². The third-order valence-electron chi connectivity index (χ3n) is 6.04. The van der Waals surface area contributed by atoms with Crippen molar-refractivity contribution in [2.75, 3.05) is 18.6 Å². The Morgan fingerprint density at radius 2 is 2.03 bits per heavy atom. The van der Waals surface area contributed by atoms with Gasteiger partial charge in [0.1, 0.15) is 0 Å². The molecule has 4 rings (SSSR count). The maximum atomic E-state index is 13.4. The molecule has 0 aromatic heterocycles. The predicted octanol–water partition coefficient (Wildman–Crippen LogP) is 4.92. The number of para-hydroxylation sites is 1. The summed E-state index contributed by atoms with van der Waals surface area (Å²) in [7, 11) is 1.37. The van der Waals surface area contributed by atoms with Crippen LogP contribution in [-0.2, 0) is 6.42 Å². The molecular formula is C23H24N2O4. The van der Waals surface area contributed by atoms with Gasteiger partial charge in [0, 0.05) is 29.9 Å². The first kappa shape index (κ1) is 19.2. The van der Waals surface area contributed by atoms with Crippen molar-refractivity contribution < 1.29 is 14.5 Å². The number of carbonyl (C=O) groups excluding carboxylic acids is 1. The first-order valence-electron chi connectivity index (χ1n) is 9.93. The molecule has 6 heteroatoms. The third-order valence-corrected chi connectivity index (χ3v) is 6.04. The molecule has 6 nitrogen and oxygen atoms in total. The van der Waals surface area contributed by atoms with E-state index in [1.165, 1.54) is 37.3 Å². The normalized spacial score (nSPS) is 20.8. The Morgan fingerprint density at radius 3 is 2.76 bits per heavy atom. The number of nitro groups is 1. The standard InChI is InChI=1S/C23H24N2O4/c1-29-21-15-17(9-10-20(21)25(27)28)22(26)24-14-13-23(11-5-2-6-12-23)16-18-7-3-4-8-19(18)24/h3-5,7-11,15H,2,6,12-14,16H2,1H3. The number of ether oxygens (including phenoxy) is 1. The van der Waals surface area contributed by atoms with Gasteiger partial charge in [-0.05, 0) is 55.2 Å². The van der Waals surface area contributed by atoms with Gasteiger partial charge >= 0.3 is 5.69 Å². The van der Waals surface area contributed by atoms with Gasteiger partial charge in [-0.2, -0.15) is 0 Å². The van der Waals surface area contributed by atoms with Crippen molar-refractivity contribution >= 4 is 17.3 Å². The number of methoxy groups -OCH3 is 1. The third kappa shape index (κ3) is 3.62. The molecule has 1 aliphatic carbocycles. The summed E-state index contributed by atoms with van der Waals surface area (Å²) in [5.74, 6) is -0.0712. The summed E-state index contributed by atoms with van der Waals surface area (Å²) in [5, 5.41) is 11.2. The number of nitro benzene ring substituents is 1. The van der Waals surface area contributed by atoms with Crippen LogP contribution in [0.15, 0.2) is 54.6 Å². The Hall–Kier alpha value is -3.15. The number of carbonyl (C=O) groups is 1. The van der Waals surface area contributed by atoms with Crippen LogP contribution in [0, 0.1) is 15.5 Å². The van der Waals surface area contributed by atoms with Crippen molar-refractivity contribution in [2.24, 2.45) is 5.41 Å². The second-order valence-electron chi connectivity index (χ2n) is 7.81. The van der Waals surface area contributed by atoms with E-state index in [-0.39, 0.29) is 22.8 Å². The molecule has 1 spiro atoms. The van der Waals surface area contributed by atoms with Crippen LogP contribution < -0.4 is 9.64 Å². The first-order chi connectivity index (χ1) is 14.0. The van der Waals surface area contributed by atoms with Gasteiger partial charge in [0.2, 0.25) is 0 Å². The number of allylic oxidation sites excluding steroid dienone is 2. The van der Waals surface area contributed by atoms with E-state index in [2.05, 4.69) is 18.2 Å². The van der Waals surface area contributed by atoms with Crippen molar-refractivity contribution in [2.45, 2.75) is 32.1 Å². The van der Waals surface area contributed by atoms with Gasteiger partial charge in [-0.15, -0.1) is 0 Å². The highest BCUT2D eigenvalue weighted by Crippen LogP contribution is 2.43. The van der Waals surface area contributed by atoms with E-state index in [4.69, 9.17) is 4.74 Å². The van der Waals surface area contributed by atoms with Crippen molar-refractivity contribution in [1.29, 1.82) is 0 Å². The minimum absolute atomic E-state index is 0.0932. The van der Waals surface area contributed by atoms with Gasteiger partial charge in [0.15, 0.2) is 5.75 Å². The summed E-state index contributed by atoms with van der Waals surface area (Å²) in [6.07, 6.45) is 9.86. The molecule has 0 saturated heterocycles. The van der Waals surface area contributed by atoms with Crippen LogP contribution in [0.2, 0.25) is 0 Å². The van der Waals surface area contributed by atoms with E-state index >= 15 is 0 Å². The molecule has 29 heavy (non-hydrogen) atoms. The molecule has 1 unspecified atom stereocenters. The Balaban J connectivity index is 1.71. The maximum absolute atomic E-state index is 13.4. The van der Waals surface area contributed by atoms with E-state index in [0.29, 0.717) is 12.1 Å². The molecule has 1 amide bonds. The fourth-order valence-corrected chi connectivity index (χ4v) is 4.52. The highest BCUT2D eigenvalue weighted by atomic mass is 16.6. The molecule has 2 aromatic rings. The zero-order valence-electron chi connectivity index (χ0n) is 16.5. The number of amides is 1. The summed E-state index contributed by atoms with van der Waals surface area (Å²) < 4.78 is 5.15. The topological polar surface area (TPSA) is 72.7 Å². The lowest BCUT2D eigenvalue weighted by molar-refractivity contribution is -0.385. The summed E-state index contributed by atoms with van der Waals surface area (Å²) in [5.41, 5.74) is 2.42. The number of nitrogens with zero attached hydrogens (tertiary/aromatic N) is 2. The van der Waals surface area contributed by atoms with Gasteiger partial charge in [0.25, 0.3) is 5.91 Å². The van der Waals surface area contributed by atoms with E-state index < -0.39 is 4.92 Å². The second kappa shape index (κ2) is 7.70. The molecule has 2 aromatic carbocycles. The number of hydrogen-bond donors (Lipinski definition) is 0.